The van der Waals surface area contributed by atoms with Gasteiger partial charge in [-0.15, -0.1) is 0 Å². The third-order valence-electron chi connectivity index (χ3n) is 6.07. The van der Waals surface area contributed by atoms with Crippen LogP contribution in [-0.4, -0.2) is 20.9 Å². The van der Waals surface area contributed by atoms with E-state index in [0.717, 1.165) is 36.5 Å². The molecule has 0 radical (unpaired) electrons. The largest absolute Gasteiger partial charge is 0.465 e. The molecular formula is C21H34O4Si. The Bertz CT molecular complexity index is 591. The summed E-state index contributed by atoms with van der Waals surface area (Å²) in [4.78, 5) is 18.4. The summed E-state index contributed by atoms with van der Waals surface area (Å²) >= 11 is 0. The molecule has 0 amide bonds. The Kier molecular flexibility index (Phi) is 7.44. The molecule has 0 spiro atoms. The molecule has 146 valence electrons. The number of cyclic esters (lactones) is 1. The van der Waals surface area contributed by atoms with Gasteiger partial charge < -0.3 is 4.74 Å². The predicted molar refractivity (Wildman–Crippen MR) is 106 cm³/mol. The Labute approximate surface area is 159 Å². The minimum Gasteiger partial charge on any atom is -0.465 e. The zero-order valence-electron chi connectivity index (χ0n) is 17.0. The number of hydrogen-bond acceptors (Lipinski definition) is 4. The molecule has 0 bridgehead atoms. The minimum atomic E-state index is -1.88. The smallest absolute Gasteiger partial charge is 0.312 e. The third-order valence-corrected chi connectivity index (χ3v) is 10.4. The number of rotatable bonds is 10. The predicted octanol–water partition coefficient (Wildman–Crippen LogP) is 5.59. The molecule has 4 nitrogen and oxygen atoms in total. The lowest BCUT2D eigenvalue weighted by Crippen LogP contribution is -2.37. The molecular weight excluding hydrogens is 344 g/mol. The van der Waals surface area contributed by atoms with Crippen molar-refractivity contribution < 1.29 is 19.0 Å². The number of hydrogen-bond donors (Lipinski definition) is 0. The number of esters is 1. The van der Waals surface area contributed by atoms with Gasteiger partial charge in [-0.25, -0.2) is 4.89 Å². The second-order valence-electron chi connectivity index (χ2n) is 7.61. The van der Waals surface area contributed by atoms with Gasteiger partial charge in [0.05, 0.1) is 12.0 Å². The van der Waals surface area contributed by atoms with Gasteiger partial charge in [0.25, 0.3) is 0 Å². The van der Waals surface area contributed by atoms with Crippen LogP contribution in [0.5, 0.6) is 0 Å². The molecule has 1 aromatic carbocycles. The minimum absolute atomic E-state index is 0.120. The summed E-state index contributed by atoms with van der Waals surface area (Å²) in [6.45, 7) is 11.2. The van der Waals surface area contributed by atoms with E-state index < -0.39 is 13.7 Å². The van der Waals surface area contributed by atoms with Crippen molar-refractivity contribution in [2.75, 3.05) is 6.61 Å². The van der Waals surface area contributed by atoms with Crippen LogP contribution in [-0.2, 0) is 25.4 Å². The highest BCUT2D eigenvalue weighted by molar-refractivity contribution is 6.73. The standard InChI is InChI=1S/C21H34O4Si/c1-6-17-12-10-11-13-18(17)19(16-21(5)14-15-23-20(21)22)24-25-26(7-2,8-3)9-4/h10-13,19H,6-9,14-16H2,1-5H3. The molecule has 1 fully saturated rings. The molecule has 1 aliphatic heterocycles. The van der Waals surface area contributed by atoms with Crippen molar-refractivity contribution in [1.29, 1.82) is 0 Å². The lowest BCUT2D eigenvalue weighted by atomic mass is 9.81. The summed E-state index contributed by atoms with van der Waals surface area (Å²) in [7, 11) is -1.88. The third kappa shape index (κ3) is 4.56. The van der Waals surface area contributed by atoms with Crippen molar-refractivity contribution in [3.05, 3.63) is 35.4 Å². The summed E-state index contributed by atoms with van der Waals surface area (Å²) in [5.41, 5.74) is 1.86. The fourth-order valence-corrected chi connectivity index (χ4v) is 5.87. The van der Waals surface area contributed by atoms with Crippen LogP contribution in [0.1, 0.15) is 64.7 Å². The first kappa shape index (κ1) is 21.1. The van der Waals surface area contributed by atoms with Crippen LogP contribution >= 0.6 is 0 Å². The van der Waals surface area contributed by atoms with Gasteiger partial charge in [0, 0.05) is 0 Å². The monoisotopic (exact) mass is 378 g/mol. The van der Waals surface area contributed by atoms with Gasteiger partial charge in [0.2, 0.25) is 8.32 Å². The molecule has 1 aliphatic rings. The highest BCUT2D eigenvalue weighted by atomic mass is 28.4. The molecule has 2 unspecified atom stereocenters. The second-order valence-corrected chi connectivity index (χ2v) is 12.3. The summed E-state index contributed by atoms with van der Waals surface area (Å²) in [6, 6.07) is 11.4. The van der Waals surface area contributed by atoms with Gasteiger partial charge in [-0.2, -0.15) is 0 Å². The number of ether oxygens (including phenoxy) is 1. The molecule has 1 aromatic rings. The van der Waals surface area contributed by atoms with E-state index in [1.807, 2.05) is 13.0 Å². The Balaban J connectivity index is 2.28. The number of benzene rings is 1. The van der Waals surface area contributed by atoms with Gasteiger partial charge in [0.1, 0.15) is 6.10 Å². The molecule has 0 aromatic heterocycles. The Hall–Kier alpha value is -1.17. The lowest BCUT2D eigenvalue weighted by molar-refractivity contribution is -0.266. The van der Waals surface area contributed by atoms with Crippen molar-refractivity contribution in [3.63, 3.8) is 0 Å². The Morgan fingerprint density at radius 3 is 2.35 bits per heavy atom. The fourth-order valence-electron chi connectivity index (χ4n) is 3.69. The zero-order valence-corrected chi connectivity index (χ0v) is 18.0. The van der Waals surface area contributed by atoms with Crippen molar-refractivity contribution >= 4 is 14.3 Å². The highest BCUT2D eigenvalue weighted by Crippen LogP contribution is 2.41. The first-order valence-corrected chi connectivity index (χ1v) is 12.6. The number of carbonyl (C=O) groups is 1. The Morgan fingerprint density at radius 2 is 1.81 bits per heavy atom. The van der Waals surface area contributed by atoms with Crippen LogP contribution in [0.4, 0.5) is 0 Å². The van der Waals surface area contributed by atoms with Crippen LogP contribution < -0.4 is 0 Å². The van der Waals surface area contributed by atoms with Crippen LogP contribution in [0, 0.1) is 5.41 Å². The van der Waals surface area contributed by atoms with E-state index in [-0.39, 0.29) is 12.1 Å². The van der Waals surface area contributed by atoms with Gasteiger partial charge in [-0.1, -0.05) is 52.0 Å². The van der Waals surface area contributed by atoms with Gasteiger partial charge in [0.15, 0.2) is 0 Å². The molecule has 1 saturated heterocycles. The molecule has 2 rings (SSSR count). The molecule has 0 aliphatic carbocycles. The van der Waals surface area contributed by atoms with Crippen LogP contribution in [0.15, 0.2) is 24.3 Å². The van der Waals surface area contributed by atoms with Gasteiger partial charge in [-0.3, -0.25) is 9.37 Å². The van der Waals surface area contributed by atoms with Crippen LogP contribution in [0.3, 0.4) is 0 Å². The Morgan fingerprint density at radius 1 is 1.15 bits per heavy atom. The quantitative estimate of drug-likeness (QED) is 0.230. The SMILES string of the molecule is CCc1ccccc1C(CC1(C)CCOC1=O)OO[Si](CC)(CC)CC. The lowest BCUT2D eigenvalue weighted by Gasteiger charge is -2.32. The van der Waals surface area contributed by atoms with E-state index in [9.17, 15) is 4.79 Å². The van der Waals surface area contributed by atoms with E-state index in [1.54, 1.807) is 0 Å². The van der Waals surface area contributed by atoms with E-state index in [2.05, 4.69) is 45.9 Å². The highest BCUT2D eigenvalue weighted by Gasteiger charge is 2.43. The number of carbonyl (C=O) groups excluding carboxylic acids is 1. The summed E-state index contributed by atoms with van der Waals surface area (Å²) in [5.74, 6) is -0.120. The van der Waals surface area contributed by atoms with Gasteiger partial charge in [-0.05, 0) is 55.4 Å². The normalized spacial score (nSPS) is 21.7. The van der Waals surface area contributed by atoms with E-state index in [1.165, 1.54) is 5.56 Å². The number of aryl methyl sites for hydroxylation is 1. The first-order chi connectivity index (χ1) is 12.4. The molecule has 0 saturated carbocycles. The fraction of sp³-hybridized carbons (Fsp3) is 0.667. The summed E-state index contributed by atoms with van der Waals surface area (Å²) < 4.78 is 11.4. The maximum Gasteiger partial charge on any atom is 0.312 e. The zero-order chi connectivity index (χ0) is 19.2. The summed E-state index contributed by atoms with van der Waals surface area (Å²) in [6.07, 6.45) is 2.00. The van der Waals surface area contributed by atoms with Crippen molar-refractivity contribution in [3.8, 4) is 0 Å². The summed E-state index contributed by atoms with van der Waals surface area (Å²) in [5, 5.41) is 0. The molecule has 0 N–H and O–H groups in total. The topological polar surface area (TPSA) is 44.8 Å². The molecule has 1 heterocycles. The molecule has 26 heavy (non-hydrogen) atoms. The second kappa shape index (κ2) is 9.15. The van der Waals surface area contributed by atoms with Crippen molar-refractivity contribution in [1.82, 2.24) is 0 Å². The van der Waals surface area contributed by atoms with E-state index in [4.69, 9.17) is 14.2 Å². The van der Waals surface area contributed by atoms with E-state index in [0.29, 0.717) is 13.0 Å². The van der Waals surface area contributed by atoms with E-state index >= 15 is 0 Å². The maximum absolute atomic E-state index is 12.3. The maximum atomic E-state index is 12.3. The molecule has 5 heteroatoms. The first-order valence-electron chi connectivity index (χ1n) is 10.0. The van der Waals surface area contributed by atoms with Crippen molar-refractivity contribution in [2.24, 2.45) is 5.41 Å². The van der Waals surface area contributed by atoms with Crippen LogP contribution in [0.2, 0.25) is 18.1 Å². The molecule has 2 atom stereocenters. The van der Waals surface area contributed by atoms with Crippen LogP contribution in [0.25, 0.3) is 0 Å². The average Bonchev–Trinajstić information content (AvgIpc) is 3.00. The van der Waals surface area contributed by atoms with Crippen molar-refractivity contribution in [2.45, 2.75) is 78.1 Å². The van der Waals surface area contributed by atoms with Gasteiger partial charge >= 0.3 is 5.97 Å². The average molecular weight is 379 g/mol.